The Balaban J connectivity index is 4.30. The lowest BCUT2D eigenvalue weighted by atomic mass is 10.0. The Kier molecular flexibility index (Phi) is 42.0. The molecule has 0 aromatic rings. The Bertz CT molecular complexity index is 1140. The van der Waals surface area contributed by atoms with Crippen LogP contribution in [0.15, 0.2) is 48.6 Å². The van der Waals surface area contributed by atoms with Crippen molar-refractivity contribution in [2.45, 2.75) is 231 Å². The maximum absolute atomic E-state index is 12.8. The summed E-state index contributed by atoms with van der Waals surface area (Å²) in [6.07, 6.45) is 52.9. The van der Waals surface area contributed by atoms with Crippen LogP contribution in [0.3, 0.4) is 0 Å². The SMILES string of the molecule is CCCCC/C=C/C=C/C=C/C=C/CCCCCCCC(=O)OCC(COCCC(C(=O)O)[N+](C)(C)C)OC(=O)CCCCCCCCCCCCCCCCCCCCC. The van der Waals surface area contributed by atoms with E-state index in [-0.39, 0.29) is 36.2 Å². The van der Waals surface area contributed by atoms with E-state index in [1.54, 1.807) is 0 Å². The third-order valence-electron chi connectivity index (χ3n) is 11.3. The fourth-order valence-electron chi connectivity index (χ4n) is 7.40. The van der Waals surface area contributed by atoms with Crippen molar-refractivity contribution in [2.24, 2.45) is 0 Å². The summed E-state index contributed by atoms with van der Waals surface area (Å²) < 4.78 is 17.3. The van der Waals surface area contributed by atoms with Gasteiger partial charge in [0.1, 0.15) is 6.61 Å². The molecule has 0 bridgehead atoms. The summed E-state index contributed by atoms with van der Waals surface area (Å²) in [6, 6.07) is -0.619. The van der Waals surface area contributed by atoms with E-state index in [9.17, 15) is 19.5 Å². The fraction of sp³-hybridized carbons (Fsp3) is 0.792. The van der Waals surface area contributed by atoms with Crippen LogP contribution < -0.4 is 0 Å². The Morgan fingerprint density at radius 2 is 0.869 bits per heavy atom. The van der Waals surface area contributed by atoms with E-state index in [1.165, 1.54) is 122 Å². The van der Waals surface area contributed by atoms with Crippen LogP contribution in [0.4, 0.5) is 0 Å². The molecule has 8 heteroatoms. The molecule has 0 aliphatic rings. The van der Waals surface area contributed by atoms with Gasteiger partial charge in [-0.1, -0.05) is 210 Å². The standard InChI is InChI=1S/C53H95NO7/c1-6-8-10-12-14-16-18-20-22-24-26-28-30-32-34-36-38-40-42-44-52(56)61-49(47-59-46-45-50(53(57)58)54(3,4)5)48-60-51(55)43-41-39-37-35-33-31-29-27-25-23-21-19-17-15-13-11-9-7-2/h15,17,19,21,23,25,27,29,49-50H,6-14,16,18,20,22,24,26,28,30-48H2,1-5H3/p+1/b17-15+,21-19+,25-23+,29-27+. The molecule has 0 aliphatic heterocycles. The third-order valence-corrected chi connectivity index (χ3v) is 11.3. The quantitative estimate of drug-likeness (QED) is 0.0282. The van der Waals surface area contributed by atoms with Gasteiger partial charge in [0.05, 0.1) is 34.4 Å². The molecule has 8 nitrogen and oxygen atoms in total. The van der Waals surface area contributed by atoms with Gasteiger partial charge in [-0.2, -0.15) is 0 Å². The maximum atomic E-state index is 12.8. The van der Waals surface area contributed by atoms with E-state index >= 15 is 0 Å². The molecule has 0 amide bonds. The number of likely N-dealkylation sites (N-methyl/N-ethyl adjacent to an activating group) is 1. The number of nitrogens with zero attached hydrogens (tertiary/aromatic N) is 1. The number of rotatable bonds is 45. The molecule has 0 aromatic heterocycles. The minimum absolute atomic E-state index is 0.0547. The molecule has 2 unspecified atom stereocenters. The lowest BCUT2D eigenvalue weighted by Gasteiger charge is -2.31. The molecule has 0 saturated heterocycles. The van der Waals surface area contributed by atoms with Gasteiger partial charge in [-0.25, -0.2) is 4.79 Å². The molecule has 354 valence electrons. The van der Waals surface area contributed by atoms with Crippen molar-refractivity contribution in [3.8, 4) is 0 Å². The molecule has 2 atom stereocenters. The Morgan fingerprint density at radius 1 is 0.492 bits per heavy atom. The zero-order valence-corrected chi connectivity index (χ0v) is 40.4. The van der Waals surface area contributed by atoms with E-state index in [2.05, 4.69) is 62.5 Å². The number of carbonyl (C=O) groups is 3. The van der Waals surface area contributed by atoms with E-state index in [4.69, 9.17) is 14.2 Å². The van der Waals surface area contributed by atoms with Gasteiger partial charge in [0.2, 0.25) is 0 Å². The van der Waals surface area contributed by atoms with Crippen LogP contribution in [0.2, 0.25) is 0 Å². The van der Waals surface area contributed by atoms with Crippen molar-refractivity contribution >= 4 is 17.9 Å². The Hall–Kier alpha value is -2.71. The number of allylic oxidation sites excluding steroid dienone is 8. The molecule has 0 spiro atoms. The monoisotopic (exact) mass is 859 g/mol. The van der Waals surface area contributed by atoms with Crippen molar-refractivity contribution in [1.82, 2.24) is 0 Å². The first-order chi connectivity index (χ1) is 29.6. The summed E-state index contributed by atoms with van der Waals surface area (Å²) in [6.45, 7) is 4.70. The number of unbranched alkanes of at least 4 members (excludes halogenated alkanes) is 26. The molecular weight excluding hydrogens is 763 g/mol. The first-order valence-electron chi connectivity index (χ1n) is 25.2. The minimum Gasteiger partial charge on any atom is -0.477 e. The maximum Gasteiger partial charge on any atom is 0.362 e. The van der Waals surface area contributed by atoms with Gasteiger partial charge in [-0.05, 0) is 38.5 Å². The van der Waals surface area contributed by atoms with E-state index in [0.717, 1.165) is 64.2 Å². The van der Waals surface area contributed by atoms with Gasteiger partial charge in [-0.15, -0.1) is 0 Å². The second-order valence-corrected chi connectivity index (χ2v) is 18.2. The summed E-state index contributed by atoms with van der Waals surface area (Å²) >= 11 is 0. The molecule has 0 radical (unpaired) electrons. The van der Waals surface area contributed by atoms with Crippen molar-refractivity contribution in [2.75, 3.05) is 41.0 Å². The average Bonchev–Trinajstić information content (AvgIpc) is 3.22. The number of ether oxygens (including phenoxy) is 3. The predicted octanol–water partition coefficient (Wildman–Crippen LogP) is 14.4. The average molecular weight is 859 g/mol. The number of carboxylic acids is 1. The third kappa shape index (κ3) is 42.4. The van der Waals surface area contributed by atoms with Crippen molar-refractivity contribution in [3.63, 3.8) is 0 Å². The minimum atomic E-state index is -0.877. The highest BCUT2D eigenvalue weighted by Crippen LogP contribution is 2.16. The number of carboxylic acid groups (broad SMARTS) is 1. The zero-order valence-electron chi connectivity index (χ0n) is 40.4. The first kappa shape index (κ1) is 58.3. The zero-order chi connectivity index (χ0) is 44.9. The highest BCUT2D eigenvalue weighted by molar-refractivity contribution is 5.72. The number of quaternary nitrogens is 1. The summed E-state index contributed by atoms with van der Waals surface area (Å²) in [5, 5.41) is 9.65. The van der Waals surface area contributed by atoms with Gasteiger partial charge in [0, 0.05) is 19.3 Å². The van der Waals surface area contributed by atoms with Crippen LogP contribution >= 0.6 is 0 Å². The lowest BCUT2D eigenvalue weighted by Crippen LogP contribution is -2.50. The van der Waals surface area contributed by atoms with E-state index in [0.29, 0.717) is 19.3 Å². The summed E-state index contributed by atoms with van der Waals surface area (Å²) in [5.74, 6) is -1.49. The number of hydrogen-bond acceptors (Lipinski definition) is 6. The van der Waals surface area contributed by atoms with Gasteiger partial charge < -0.3 is 23.8 Å². The first-order valence-corrected chi connectivity index (χ1v) is 25.2. The highest BCUT2D eigenvalue weighted by atomic mass is 16.6. The van der Waals surface area contributed by atoms with Crippen molar-refractivity contribution < 1.29 is 38.2 Å². The molecular formula is C53H96NO7+. The van der Waals surface area contributed by atoms with Gasteiger partial charge in [0.15, 0.2) is 12.1 Å². The molecule has 0 saturated carbocycles. The number of hydrogen-bond donors (Lipinski definition) is 1. The second-order valence-electron chi connectivity index (χ2n) is 18.2. The number of aliphatic carboxylic acids is 1. The molecule has 0 heterocycles. The van der Waals surface area contributed by atoms with Crippen LogP contribution in [0, 0.1) is 0 Å². The molecule has 0 aromatic carbocycles. The lowest BCUT2D eigenvalue weighted by molar-refractivity contribution is -0.887. The molecule has 0 aliphatic carbocycles. The smallest absolute Gasteiger partial charge is 0.362 e. The Labute approximate surface area is 376 Å². The topological polar surface area (TPSA) is 99.1 Å². The number of esters is 2. The van der Waals surface area contributed by atoms with Gasteiger partial charge in [0.25, 0.3) is 0 Å². The van der Waals surface area contributed by atoms with Crippen LogP contribution in [0.1, 0.15) is 219 Å². The normalized spacial score (nSPS) is 13.3. The van der Waals surface area contributed by atoms with Crippen LogP contribution in [0.25, 0.3) is 0 Å². The predicted molar refractivity (Wildman–Crippen MR) is 257 cm³/mol. The summed E-state index contributed by atoms with van der Waals surface area (Å²) in [5.41, 5.74) is 0. The second kappa shape index (κ2) is 43.9. The number of carbonyl (C=O) groups excluding carboxylic acids is 2. The van der Waals surface area contributed by atoms with Gasteiger partial charge in [-0.3, -0.25) is 9.59 Å². The van der Waals surface area contributed by atoms with Crippen molar-refractivity contribution in [3.05, 3.63) is 48.6 Å². The molecule has 1 N–H and O–H groups in total. The van der Waals surface area contributed by atoms with Crippen LogP contribution in [-0.4, -0.2) is 80.6 Å². The molecule has 61 heavy (non-hydrogen) atoms. The summed E-state index contributed by atoms with van der Waals surface area (Å²) in [7, 11) is 5.53. The van der Waals surface area contributed by atoms with Crippen molar-refractivity contribution in [1.29, 1.82) is 0 Å². The van der Waals surface area contributed by atoms with Gasteiger partial charge >= 0.3 is 17.9 Å². The van der Waals surface area contributed by atoms with Crippen LogP contribution in [0.5, 0.6) is 0 Å². The Morgan fingerprint density at radius 3 is 1.31 bits per heavy atom. The molecule has 0 fully saturated rings. The van der Waals surface area contributed by atoms with E-state index in [1.807, 2.05) is 21.1 Å². The van der Waals surface area contributed by atoms with Crippen LogP contribution in [-0.2, 0) is 28.6 Å². The largest absolute Gasteiger partial charge is 0.477 e. The fourth-order valence-corrected chi connectivity index (χ4v) is 7.40. The molecule has 0 rings (SSSR count). The highest BCUT2D eigenvalue weighted by Gasteiger charge is 2.31. The van der Waals surface area contributed by atoms with E-state index < -0.39 is 18.1 Å². The summed E-state index contributed by atoms with van der Waals surface area (Å²) in [4.78, 5) is 37.1.